The van der Waals surface area contributed by atoms with Crippen molar-refractivity contribution in [2.75, 3.05) is 0 Å². The number of aromatic nitrogens is 6. The van der Waals surface area contributed by atoms with E-state index in [0.717, 1.165) is 22.9 Å². The van der Waals surface area contributed by atoms with Gasteiger partial charge in [-0.15, -0.1) is 5.10 Å². The van der Waals surface area contributed by atoms with Crippen LogP contribution in [0.2, 0.25) is 0 Å². The summed E-state index contributed by atoms with van der Waals surface area (Å²) >= 11 is 0. The molecule has 3 aromatic rings. The van der Waals surface area contributed by atoms with E-state index in [-0.39, 0.29) is 11.7 Å². The van der Waals surface area contributed by atoms with E-state index >= 15 is 0 Å². The van der Waals surface area contributed by atoms with Gasteiger partial charge in [-0.25, -0.2) is 9.67 Å². The van der Waals surface area contributed by atoms with Crippen LogP contribution in [0.25, 0.3) is 0 Å². The number of hydrogen-bond acceptors (Lipinski definition) is 5. The summed E-state index contributed by atoms with van der Waals surface area (Å²) in [4.78, 5) is 16.5. The van der Waals surface area contributed by atoms with Crippen LogP contribution in [0.1, 0.15) is 53.9 Å². The Morgan fingerprint density at radius 2 is 2.04 bits per heavy atom. The maximum atomic E-state index is 12.1. The largest absolute Gasteiger partial charge is 0.294 e. The Bertz CT molecular complexity index is 805. The molecule has 1 N–H and O–H groups in total. The van der Waals surface area contributed by atoms with Crippen molar-refractivity contribution in [1.29, 1.82) is 0 Å². The van der Waals surface area contributed by atoms with Crippen LogP contribution in [0.15, 0.2) is 36.5 Å². The summed E-state index contributed by atoms with van der Waals surface area (Å²) < 4.78 is 1.70. The number of carbonyl (C=O) groups is 1. The third-order valence-electron chi connectivity index (χ3n) is 3.67. The van der Waals surface area contributed by atoms with Crippen LogP contribution in [0.4, 0.5) is 0 Å². The molecule has 7 heteroatoms. The second-order valence-electron chi connectivity index (χ2n) is 5.99. The van der Waals surface area contributed by atoms with Crippen LogP contribution in [0, 0.1) is 0 Å². The van der Waals surface area contributed by atoms with Gasteiger partial charge in [-0.05, 0) is 0 Å². The lowest BCUT2D eigenvalue weighted by molar-refractivity contribution is 0.0982. The molecule has 0 amide bonds. The highest BCUT2D eigenvalue weighted by atomic mass is 16.1. The van der Waals surface area contributed by atoms with E-state index in [9.17, 15) is 4.79 Å². The third kappa shape index (κ3) is 3.92. The topological polar surface area (TPSA) is 89.4 Å². The molecule has 0 aliphatic rings. The quantitative estimate of drug-likeness (QED) is 0.674. The number of rotatable bonds is 7. The maximum absolute atomic E-state index is 12.1. The summed E-state index contributed by atoms with van der Waals surface area (Å²) in [5, 5.41) is 15.3. The molecule has 0 spiro atoms. The van der Waals surface area contributed by atoms with Gasteiger partial charge in [0.05, 0.1) is 5.69 Å². The fourth-order valence-corrected chi connectivity index (χ4v) is 2.33. The molecule has 3 rings (SSSR count). The summed E-state index contributed by atoms with van der Waals surface area (Å²) in [6, 6.07) is 9.29. The maximum Gasteiger partial charge on any atom is 0.163 e. The minimum Gasteiger partial charge on any atom is -0.294 e. The Morgan fingerprint density at radius 3 is 2.75 bits per heavy atom. The van der Waals surface area contributed by atoms with Crippen LogP contribution in [0.3, 0.4) is 0 Å². The lowest BCUT2D eigenvalue weighted by Crippen LogP contribution is -2.02. The summed E-state index contributed by atoms with van der Waals surface area (Å²) in [7, 11) is 0. The molecule has 0 bridgehead atoms. The highest BCUT2D eigenvalue weighted by Crippen LogP contribution is 2.09. The second kappa shape index (κ2) is 7.16. The first-order valence-corrected chi connectivity index (χ1v) is 8.00. The van der Waals surface area contributed by atoms with Crippen molar-refractivity contribution in [2.24, 2.45) is 0 Å². The molecule has 7 nitrogen and oxygen atoms in total. The average molecular weight is 324 g/mol. The lowest BCUT2D eigenvalue weighted by Gasteiger charge is -1.98. The number of aryl methyl sites for hydroxylation is 1. The molecule has 0 aliphatic heterocycles. The van der Waals surface area contributed by atoms with Gasteiger partial charge in [0.15, 0.2) is 11.6 Å². The Kier molecular flexibility index (Phi) is 4.79. The van der Waals surface area contributed by atoms with E-state index in [1.165, 1.54) is 0 Å². The van der Waals surface area contributed by atoms with Crippen LogP contribution >= 0.6 is 0 Å². The first kappa shape index (κ1) is 16.0. The van der Waals surface area contributed by atoms with Crippen molar-refractivity contribution < 1.29 is 4.79 Å². The number of ketones is 1. The Balaban J connectivity index is 1.56. The molecule has 0 aliphatic carbocycles. The minimum atomic E-state index is 0.113. The SMILES string of the molecule is CC(C)c1n[nH]c(Cn2cc(CCC(=O)c3ccccc3)nn2)n1. The van der Waals surface area contributed by atoms with E-state index in [0.29, 0.717) is 19.4 Å². The normalized spacial score (nSPS) is 11.1. The molecule has 0 unspecified atom stereocenters. The van der Waals surface area contributed by atoms with Gasteiger partial charge in [0.2, 0.25) is 0 Å². The lowest BCUT2D eigenvalue weighted by atomic mass is 10.1. The number of nitrogens with zero attached hydrogens (tertiary/aromatic N) is 5. The van der Waals surface area contributed by atoms with Crippen molar-refractivity contribution in [2.45, 2.75) is 39.2 Å². The molecular weight excluding hydrogens is 304 g/mol. The number of hydrogen-bond donors (Lipinski definition) is 1. The van der Waals surface area contributed by atoms with Crippen molar-refractivity contribution >= 4 is 5.78 Å². The van der Waals surface area contributed by atoms with Crippen molar-refractivity contribution in [3.05, 3.63) is 59.4 Å². The average Bonchev–Trinajstić information content (AvgIpc) is 3.23. The number of nitrogens with one attached hydrogen (secondary N) is 1. The van der Waals surface area contributed by atoms with Gasteiger partial charge < -0.3 is 0 Å². The Labute approximate surface area is 140 Å². The van der Waals surface area contributed by atoms with Gasteiger partial charge in [-0.1, -0.05) is 49.4 Å². The smallest absolute Gasteiger partial charge is 0.163 e. The van der Waals surface area contributed by atoms with Crippen molar-refractivity contribution in [3.63, 3.8) is 0 Å². The number of H-pyrrole nitrogens is 1. The van der Waals surface area contributed by atoms with E-state index in [1.54, 1.807) is 4.68 Å². The first-order valence-electron chi connectivity index (χ1n) is 8.00. The molecule has 2 heterocycles. The second-order valence-corrected chi connectivity index (χ2v) is 5.99. The predicted octanol–water partition coefficient (Wildman–Crippen LogP) is 2.38. The standard InChI is InChI=1S/C17H20N6O/c1-12(2)17-18-16(20-21-17)11-23-10-14(19-22-23)8-9-15(24)13-6-4-3-5-7-13/h3-7,10,12H,8-9,11H2,1-2H3,(H,18,20,21). The van der Waals surface area contributed by atoms with Crippen LogP contribution < -0.4 is 0 Å². The Hall–Kier alpha value is -2.83. The van der Waals surface area contributed by atoms with Gasteiger partial charge >= 0.3 is 0 Å². The number of aromatic amines is 1. The molecular formula is C17H20N6O. The highest BCUT2D eigenvalue weighted by molar-refractivity contribution is 5.96. The monoisotopic (exact) mass is 324 g/mol. The zero-order chi connectivity index (χ0) is 16.9. The number of Topliss-reactive ketones (excluding diaryl/α,β-unsaturated/α-hetero) is 1. The number of carbonyl (C=O) groups excluding carboxylic acids is 1. The van der Waals surface area contributed by atoms with Gasteiger partial charge in [-0.2, -0.15) is 5.10 Å². The van der Waals surface area contributed by atoms with Crippen LogP contribution in [-0.4, -0.2) is 36.0 Å². The summed E-state index contributed by atoms with van der Waals surface area (Å²) in [6.07, 6.45) is 2.83. The summed E-state index contributed by atoms with van der Waals surface area (Å²) in [5.41, 5.74) is 1.52. The van der Waals surface area contributed by atoms with Crippen LogP contribution in [-0.2, 0) is 13.0 Å². The molecule has 2 aromatic heterocycles. The summed E-state index contributed by atoms with van der Waals surface area (Å²) in [5.74, 6) is 1.93. The first-order chi connectivity index (χ1) is 11.6. The number of benzene rings is 1. The fraction of sp³-hybridized carbons (Fsp3) is 0.353. The van der Waals surface area contributed by atoms with E-state index < -0.39 is 0 Å². The third-order valence-corrected chi connectivity index (χ3v) is 3.67. The summed E-state index contributed by atoms with van der Waals surface area (Å²) in [6.45, 7) is 4.58. The van der Waals surface area contributed by atoms with Crippen molar-refractivity contribution in [1.82, 2.24) is 30.2 Å². The minimum absolute atomic E-state index is 0.113. The predicted molar refractivity (Wildman–Crippen MR) is 88.7 cm³/mol. The van der Waals surface area contributed by atoms with Crippen LogP contribution in [0.5, 0.6) is 0 Å². The van der Waals surface area contributed by atoms with Gasteiger partial charge in [0.1, 0.15) is 12.4 Å². The highest BCUT2D eigenvalue weighted by Gasteiger charge is 2.10. The van der Waals surface area contributed by atoms with Crippen molar-refractivity contribution in [3.8, 4) is 0 Å². The van der Waals surface area contributed by atoms with Gasteiger partial charge in [0, 0.05) is 30.5 Å². The molecule has 0 atom stereocenters. The molecule has 124 valence electrons. The zero-order valence-corrected chi connectivity index (χ0v) is 13.8. The van der Waals surface area contributed by atoms with E-state index in [1.807, 2.05) is 50.4 Å². The Morgan fingerprint density at radius 1 is 1.25 bits per heavy atom. The van der Waals surface area contributed by atoms with E-state index in [4.69, 9.17) is 0 Å². The molecule has 0 radical (unpaired) electrons. The van der Waals surface area contributed by atoms with E-state index in [2.05, 4.69) is 25.5 Å². The molecule has 0 saturated heterocycles. The zero-order valence-electron chi connectivity index (χ0n) is 13.8. The molecule has 0 fully saturated rings. The fourth-order valence-electron chi connectivity index (χ4n) is 2.33. The van der Waals surface area contributed by atoms with Gasteiger partial charge in [-0.3, -0.25) is 9.89 Å². The molecule has 24 heavy (non-hydrogen) atoms. The molecule has 1 aromatic carbocycles. The van der Waals surface area contributed by atoms with Gasteiger partial charge in [0.25, 0.3) is 0 Å². The molecule has 0 saturated carbocycles.